The molecule has 0 atom stereocenters. The fourth-order valence-electron chi connectivity index (χ4n) is 3.20. The third-order valence-electron chi connectivity index (χ3n) is 4.61. The average molecular weight is 463 g/mol. The van der Waals surface area contributed by atoms with Crippen LogP contribution < -0.4 is 10.1 Å². The minimum Gasteiger partial charge on any atom is -0.489 e. The molecule has 6 nitrogen and oxygen atoms in total. The fraction of sp³-hybridized carbons (Fsp3) is 0.160. The summed E-state index contributed by atoms with van der Waals surface area (Å²) in [7, 11) is 0. The first-order valence-electron chi connectivity index (χ1n) is 10.5. The number of thioether (sulfide) groups is 1. The standard InChI is InChI=1S/C25H23FN4O2S/c1-17(2)32-22-11-7-6-10-21(22)27-23(31)16-33-25-29-28-24(18-12-14-19(26)15-13-18)30(25)20-8-4-3-5-9-20/h3-15,17H,16H2,1-2H3,(H,27,31). The largest absolute Gasteiger partial charge is 0.489 e. The topological polar surface area (TPSA) is 69.0 Å². The molecule has 1 N–H and O–H groups in total. The first-order chi connectivity index (χ1) is 16.0. The number of para-hydroxylation sites is 3. The van der Waals surface area contributed by atoms with E-state index in [9.17, 15) is 9.18 Å². The molecule has 8 heteroatoms. The Labute approximate surface area is 195 Å². The molecule has 0 radical (unpaired) electrons. The average Bonchev–Trinajstić information content (AvgIpc) is 3.24. The van der Waals surface area contributed by atoms with E-state index >= 15 is 0 Å². The summed E-state index contributed by atoms with van der Waals surface area (Å²) < 4.78 is 21.1. The van der Waals surface area contributed by atoms with Gasteiger partial charge in [-0.25, -0.2) is 4.39 Å². The van der Waals surface area contributed by atoms with Crippen LogP contribution in [0.5, 0.6) is 5.75 Å². The van der Waals surface area contributed by atoms with Crippen LogP contribution in [0.3, 0.4) is 0 Å². The van der Waals surface area contributed by atoms with Crippen LogP contribution in [0.2, 0.25) is 0 Å². The summed E-state index contributed by atoms with van der Waals surface area (Å²) in [6, 6.07) is 23.0. The highest BCUT2D eigenvalue weighted by atomic mass is 32.2. The van der Waals surface area contributed by atoms with Gasteiger partial charge in [-0.15, -0.1) is 10.2 Å². The van der Waals surface area contributed by atoms with Gasteiger partial charge in [0.2, 0.25) is 5.91 Å². The van der Waals surface area contributed by atoms with Crippen molar-refractivity contribution in [1.29, 1.82) is 0 Å². The Bertz CT molecular complexity index is 1230. The monoisotopic (exact) mass is 462 g/mol. The van der Waals surface area contributed by atoms with E-state index in [1.54, 1.807) is 18.2 Å². The highest BCUT2D eigenvalue weighted by Gasteiger charge is 2.18. The number of aromatic nitrogens is 3. The maximum atomic E-state index is 13.4. The maximum absolute atomic E-state index is 13.4. The van der Waals surface area contributed by atoms with Crippen molar-refractivity contribution in [3.63, 3.8) is 0 Å². The van der Waals surface area contributed by atoms with Gasteiger partial charge < -0.3 is 10.1 Å². The number of nitrogens with one attached hydrogen (secondary N) is 1. The number of hydrogen-bond donors (Lipinski definition) is 1. The highest BCUT2D eigenvalue weighted by Crippen LogP contribution is 2.29. The summed E-state index contributed by atoms with van der Waals surface area (Å²) >= 11 is 1.27. The molecule has 4 aromatic rings. The van der Waals surface area contributed by atoms with Gasteiger partial charge in [-0.1, -0.05) is 42.1 Å². The zero-order chi connectivity index (χ0) is 23.2. The van der Waals surface area contributed by atoms with E-state index < -0.39 is 0 Å². The van der Waals surface area contributed by atoms with E-state index in [1.807, 2.05) is 66.9 Å². The summed E-state index contributed by atoms with van der Waals surface area (Å²) in [6.45, 7) is 3.87. The van der Waals surface area contributed by atoms with Crippen molar-refractivity contribution in [3.8, 4) is 22.8 Å². The minimum absolute atomic E-state index is 0.00765. The second kappa shape index (κ2) is 10.3. The number of halogens is 1. The van der Waals surface area contributed by atoms with Gasteiger partial charge in [0.25, 0.3) is 0 Å². The molecule has 1 heterocycles. The van der Waals surface area contributed by atoms with Crippen molar-refractivity contribution >= 4 is 23.4 Å². The second-order valence-corrected chi connectivity index (χ2v) is 8.43. The van der Waals surface area contributed by atoms with E-state index in [0.29, 0.717) is 22.4 Å². The summed E-state index contributed by atoms with van der Waals surface area (Å²) in [5, 5.41) is 12.1. The number of hydrogen-bond acceptors (Lipinski definition) is 5. The summed E-state index contributed by atoms with van der Waals surface area (Å²) in [6.07, 6.45) is -0.00765. The quantitative estimate of drug-likeness (QED) is 0.346. The number of carbonyl (C=O) groups is 1. The van der Waals surface area contributed by atoms with Gasteiger partial charge in [0.05, 0.1) is 17.5 Å². The molecule has 1 aromatic heterocycles. The van der Waals surface area contributed by atoms with Crippen LogP contribution in [-0.4, -0.2) is 32.5 Å². The Kier molecular flexibility index (Phi) is 7.04. The second-order valence-electron chi connectivity index (χ2n) is 7.48. The zero-order valence-electron chi connectivity index (χ0n) is 18.2. The molecule has 0 saturated heterocycles. The Hall–Kier alpha value is -3.65. The smallest absolute Gasteiger partial charge is 0.234 e. The van der Waals surface area contributed by atoms with Crippen molar-refractivity contribution < 1.29 is 13.9 Å². The molecule has 33 heavy (non-hydrogen) atoms. The molecule has 168 valence electrons. The third kappa shape index (κ3) is 5.59. The maximum Gasteiger partial charge on any atom is 0.234 e. The molecular formula is C25H23FN4O2S. The molecule has 0 bridgehead atoms. The lowest BCUT2D eigenvalue weighted by Crippen LogP contribution is -2.16. The predicted molar refractivity (Wildman–Crippen MR) is 128 cm³/mol. The van der Waals surface area contributed by atoms with Gasteiger partial charge in [0.15, 0.2) is 11.0 Å². The first kappa shape index (κ1) is 22.5. The number of ether oxygens (including phenoxy) is 1. The van der Waals surface area contributed by atoms with Crippen molar-refractivity contribution in [2.24, 2.45) is 0 Å². The highest BCUT2D eigenvalue weighted by molar-refractivity contribution is 7.99. The molecule has 0 unspecified atom stereocenters. The van der Waals surface area contributed by atoms with Crippen LogP contribution in [0.15, 0.2) is 84.0 Å². The number of carbonyl (C=O) groups excluding carboxylic acids is 1. The van der Waals surface area contributed by atoms with Crippen LogP contribution in [0, 0.1) is 5.82 Å². The molecule has 0 aliphatic rings. The van der Waals surface area contributed by atoms with Gasteiger partial charge in [-0.3, -0.25) is 9.36 Å². The number of amides is 1. The van der Waals surface area contributed by atoms with E-state index in [-0.39, 0.29) is 23.6 Å². The molecule has 0 aliphatic heterocycles. The lowest BCUT2D eigenvalue weighted by Gasteiger charge is -2.14. The van der Waals surface area contributed by atoms with Gasteiger partial charge >= 0.3 is 0 Å². The molecule has 0 fully saturated rings. The predicted octanol–water partition coefficient (Wildman–Crippen LogP) is 5.59. The van der Waals surface area contributed by atoms with Crippen LogP contribution in [0.1, 0.15) is 13.8 Å². The van der Waals surface area contributed by atoms with Crippen molar-refractivity contribution in [2.75, 3.05) is 11.1 Å². The normalized spacial score (nSPS) is 10.9. The molecule has 3 aromatic carbocycles. The van der Waals surface area contributed by atoms with Crippen LogP contribution in [-0.2, 0) is 4.79 Å². The van der Waals surface area contributed by atoms with Gasteiger partial charge in [0.1, 0.15) is 11.6 Å². The summed E-state index contributed by atoms with van der Waals surface area (Å²) in [4.78, 5) is 12.7. The fourth-order valence-corrected chi connectivity index (χ4v) is 3.95. The van der Waals surface area contributed by atoms with E-state index in [2.05, 4.69) is 15.5 Å². The van der Waals surface area contributed by atoms with Gasteiger partial charge in [0, 0.05) is 11.3 Å². The number of rotatable bonds is 8. The minimum atomic E-state index is -0.322. The number of anilines is 1. The molecular weight excluding hydrogens is 439 g/mol. The first-order valence-corrected chi connectivity index (χ1v) is 11.4. The summed E-state index contributed by atoms with van der Waals surface area (Å²) in [5.41, 5.74) is 2.19. The molecule has 0 spiro atoms. The van der Waals surface area contributed by atoms with Crippen LogP contribution in [0.4, 0.5) is 10.1 Å². The summed E-state index contributed by atoms with van der Waals surface area (Å²) in [5.74, 6) is 0.810. The zero-order valence-corrected chi connectivity index (χ0v) is 19.1. The molecule has 0 aliphatic carbocycles. The van der Waals surface area contributed by atoms with E-state index in [0.717, 1.165) is 11.3 Å². The van der Waals surface area contributed by atoms with Gasteiger partial charge in [-0.05, 0) is 62.4 Å². The number of benzene rings is 3. The van der Waals surface area contributed by atoms with Crippen LogP contribution >= 0.6 is 11.8 Å². The molecule has 1 amide bonds. The Morgan fingerprint density at radius 3 is 2.42 bits per heavy atom. The lowest BCUT2D eigenvalue weighted by atomic mass is 10.2. The Morgan fingerprint density at radius 1 is 1.00 bits per heavy atom. The van der Waals surface area contributed by atoms with Crippen molar-refractivity contribution in [3.05, 3.63) is 84.7 Å². The number of nitrogens with zero attached hydrogens (tertiary/aromatic N) is 3. The molecule has 0 saturated carbocycles. The van der Waals surface area contributed by atoms with Crippen LogP contribution in [0.25, 0.3) is 17.1 Å². The van der Waals surface area contributed by atoms with E-state index in [1.165, 1.54) is 23.9 Å². The van der Waals surface area contributed by atoms with E-state index in [4.69, 9.17) is 4.74 Å². The van der Waals surface area contributed by atoms with Gasteiger partial charge in [-0.2, -0.15) is 0 Å². The Morgan fingerprint density at radius 2 is 1.70 bits per heavy atom. The lowest BCUT2D eigenvalue weighted by molar-refractivity contribution is -0.113. The van der Waals surface area contributed by atoms with Crippen molar-refractivity contribution in [2.45, 2.75) is 25.1 Å². The van der Waals surface area contributed by atoms with Crippen molar-refractivity contribution in [1.82, 2.24) is 14.8 Å². The third-order valence-corrected chi connectivity index (χ3v) is 5.54. The molecule has 4 rings (SSSR count). The Balaban J connectivity index is 1.55. The SMILES string of the molecule is CC(C)Oc1ccccc1NC(=O)CSc1nnc(-c2ccc(F)cc2)n1-c1ccccc1.